The summed E-state index contributed by atoms with van der Waals surface area (Å²) in [5.41, 5.74) is 2.07. The lowest BCUT2D eigenvalue weighted by Gasteiger charge is -2.03. The van der Waals surface area contributed by atoms with Gasteiger partial charge in [0.05, 0.1) is 5.71 Å². The maximum atomic E-state index is 4.87. The average Bonchev–Trinajstić information content (AvgIpc) is 2.21. The number of allylic oxidation sites excluding steroid dienone is 1. The Bertz CT molecular complexity index is 319. The highest BCUT2D eigenvalue weighted by Gasteiger charge is 2.02. The number of benzene rings is 1. The lowest BCUT2D eigenvalue weighted by Crippen LogP contribution is -1.97. The van der Waals surface area contributed by atoms with E-state index in [0.717, 1.165) is 23.5 Å². The van der Waals surface area contributed by atoms with Gasteiger partial charge in [-0.2, -0.15) is 4.40 Å². The van der Waals surface area contributed by atoms with Gasteiger partial charge in [-0.3, -0.25) is 0 Å². The third-order valence-corrected chi connectivity index (χ3v) is 2.00. The van der Waals surface area contributed by atoms with Crippen molar-refractivity contribution in [1.29, 1.82) is 0 Å². The van der Waals surface area contributed by atoms with Crippen molar-refractivity contribution in [2.75, 3.05) is 0 Å². The van der Waals surface area contributed by atoms with E-state index in [1.807, 2.05) is 36.4 Å². The lowest BCUT2D eigenvalue weighted by atomic mass is 10.1. The molecule has 3 heteroatoms. The van der Waals surface area contributed by atoms with E-state index in [2.05, 4.69) is 4.40 Å². The zero-order valence-corrected chi connectivity index (χ0v) is 7.12. The molecule has 0 spiro atoms. The molecule has 0 N–H and O–H groups in total. The number of hydrogen-bond acceptors (Lipinski definition) is 3. The van der Waals surface area contributed by atoms with Gasteiger partial charge >= 0.3 is 0 Å². The molecule has 0 saturated carbocycles. The molecular formula is C9H7NOS. The third kappa shape index (κ3) is 1.51. The van der Waals surface area contributed by atoms with Gasteiger partial charge < -0.3 is 4.18 Å². The van der Waals surface area contributed by atoms with Crippen LogP contribution in [0.4, 0.5) is 0 Å². The highest BCUT2D eigenvalue weighted by molar-refractivity contribution is 7.93. The van der Waals surface area contributed by atoms with Gasteiger partial charge in [0, 0.05) is 11.6 Å². The first kappa shape index (κ1) is 7.43. The van der Waals surface area contributed by atoms with Crippen molar-refractivity contribution in [3.05, 3.63) is 48.2 Å². The molecule has 1 aliphatic heterocycles. The van der Waals surface area contributed by atoms with Crippen molar-refractivity contribution in [1.82, 2.24) is 0 Å². The Labute approximate surface area is 75.3 Å². The van der Waals surface area contributed by atoms with Crippen molar-refractivity contribution in [2.24, 2.45) is 4.40 Å². The van der Waals surface area contributed by atoms with Crippen LogP contribution in [0.3, 0.4) is 0 Å². The van der Waals surface area contributed by atoms with Crippen LogP contribution in [-0.4, -0.2) is 5.71 Å². The van der Waals surface area contributed by atoms with E-state index in [-0.39, 0.29) is 0 Å². The van der Waals surface area contributed by atoms with E-state index in [4.69, 9.17) is 4.18 Å². The van der Waals surface area contributed by atoms with Crippen LogP contribution in [-0.2, 0) is 4.18 Å². The van der Waals surface area contributed by atoms with Crippen molar-refractivity contribution in [3.8, 4) is 0 Å². The first-order valence-electron chi connectivity index (χ1n) is 3.59. The molecule has 0 unspecified atom stereocenters. The minimum atomic E-state index is 0.951. The van der Waals surface area contributed by atoms with E-state index in [1.54, 1.807) is 6.26 Å². The Morgan fingerprint density at radius 2 is 2.00 bits per heavy atom. The van der Waals surface area contributed by atoms with Gasteiger partial charge in [-0.1, -0.05) is 30.3 Å². The van der Waals surface area contributed by atoms with Crippen LogP contribution in [0, 0.1) is 0 Å². The van der Waals surface area contributed by atoms with Crippen LogP contribution < -0.4 is 0 Å². The van der Waals surface area contributed by atoms with Gasteiger partial charge in [-0.15, -0.1) is 0 Å². The predicted molar refractivity (Wildman–Crippen MR) is 50.8 cm³/mol. The fourth-order valence-corrected chi connectivity index (χ4v) is 1.36. The molecule has 1 aliphatic rings. The molecular weight excluding hydrogens is 170 g/mol. The Hall–Kier alpha value is -1.22. The summed E-state index contributed by atoms with van der Waals surface area (Å²) in [5, 5.41) is 0. The minimum Gasteiger partial charge on any atom is -0.412 e. The monoisotopic (exact) mass is 177 g/mol. The molecule has 0 aromatic heterocycles. The highest BCUT2D eigenvalue weighted by Crippen LogP contribution is 2.15. The van der Waals surface area contributed by atoms with Crippen molar-refractivity contribution in [3.63, 3.8) is 0 Å². The summed E-state index contributed by atoms with van der Waals surface area (Å²) in [6.07, 6.45) is 3.49. The summed E-state index contributed by atoms with van der Waals surface area (Å²) in [5.74, 6) is 0. The zero-order valence-electron chi connectivity index (χ0n) is 6.31. The lowest BCUT2D eigenvalue weighted by molar-refractivity contribution is 0.565. The summed E-state index contributed by atoms with van der Waals surface area (Å²) >= 11 is 1.10. The first-order valence-corrected chi connectivity index (χ1v) is 4.29. The van der Waals surface area contributed by atoms with Crippen LogP contribution in [0.15, 0.2) is 47.1 Å². The number of hydrogen-bond donors (Lipinski definition) is 0. The Morgan fingerprint density at radius 1 is 1.17 bits per heavy atom. The van der Waals surface area contributed by atoms with Crippen LogP contribution in [0.5, 0.6) is 0 Å². The SMILES string of the molecule is C1=CC(c2ccccc2)=NSO1. The molecule has 2 rings (SSSR count). The maximum absolute atomic E-state index is 4.87. The Balaban J connectivity index is 2.31. The van der Waals surface area contributed by atoms with E-state index in [9.17, 15) is 0 Å². The van der Waals surface area contributed by atoms with Crippen molar-refractivity contribution < 1.29 is 4.18 Å². The van der Waals surface area contributed by atoms with E-state index in [1.165, 1.54) is 0 Å². The van der Waals surface area contributed by atoms with Gasteiger partial charge in [0.2, 0.25) is 12.2 Å². The molecule has 60 valence electrons. The maximum Gasteiger partial charge on any atom is 0.201 e. The van der Waals surface area contributed by atoms with Gasteiger partial charge in [0.15, 0.2) is 0 Å². The van der Waals surface area contributed by atoms with E-state index < -0.39 is 0 Å². The molecule has 1 heterocycles. The first-order chi connectivity index (χ1) is 5.97. The second kappa shape index (κ2) is 3.45. The summed E-state index contributed by atoms with van der Waals surface area (Å²) in [4.78, 5) is 0. The number of rotatable bonds is 1. The summed E-state index contributed by atoms with van der Waals surface area (Å²) in [7, 11) is 0. The van der Waals surface area contributed by atoms with Gasteiger partial charge in [0.25, 0.3) is 0 Å². The molecule has 2 nitrogen and oxygen atoms in total. The van der Waals surface area contributed by atoms with Crippen LogP contribution in [0.2, 0.25) is 0 Å². The molecule has 1 aromatic rings. The Morgan fingerprint density at radius 3 is 2.67 bits per heavy atom. The van der Waals surface area contributed by atoms with Gasteiger partial charge in [-0.05, 0) is 0 Å². The van der Waals surface area contributed by atoms with Gasteiger partial charge in [0.1, 0.15) is 6.26 Å². The summed E-state index contributed by atoms with van der Waals surface area (Å²) < 4.78 is 8.99. The Kier molecular flexibility index (Phi) is 2.14. The minimum absolute atomic E-state index is 0.951. The molecule has 0 amide bonds. The van der Waals surface area contributed by atoms with E-state index in [0.29, 0.717) is 0 Å². The molecule has 1 aromatic carbocycles. The molecule has 12 heavy (non-hydrogen) atoms. The third-order valence-electron chi connectivity index (χ3n) is 1.53. The fraction of sp³-hybridized carbons (Fsp3) is 0. The highest BCUT2D eigenvalue weighted by atomic mass is 32.2. The standard InChI is InChI=1S/C9H7NOS/c1-2-4-8(5-3-1)9-6-7-11-12-10-9/h1-7H. The number of nitrogens with zero attached hydrogens (tertiary/aromatic N) is 1. The average molecular weight is 177 g/mol. The largest absolute Gasteiger partial charge is 0.412 e. The summed E-state index contributed by atoms with van der Waals surface area (Å²) in [6, 6.07) is 10.0. The molecule has 0 atom stereocenters. The second-order valence-corrected chi connectivity index (χ2v) is 2.84. The van der Waals surface area contributed by atoms with E-state index >= 15 is 0 Å². The predicted octanol–water partition coefficient (Wildman–Crippen LogP) is 2.58. The van der Waals surface area contributed by atoms with Crippen LogP contribution >= 0.6 is 12.2 Å². The quantitative estimate of drug-likeness (QED) is 0.485. The van der Waals surface area contributed by atoms with Crippen molar-refractivity contribution in [2.45, 2.75) is 0 Å². The molecule has 0 radical (unpaired) electrons. The van der Waals surface area contributed by atoms with Crippen LogP contribution in [0.25, 0.3) is 0 Å². The summed E-state index contributed by atoms with van der Waals surface area (Å²) in [6.45, 7) is 0. The topological polar surface area (TPSA) is 21.6 Å². The smallest absolute Gasteiger partial charge is 0.201 e. The van der Waals surface area contributed by atoms with Crippen molar-refractivity contribution >= 4 is 17.9 Å². The normalized spacial score (nSPS) is 15.2. The fourth-order valence-electron chi connectivity index (χ4n) is 0.967. The second-order valence-electron chi connectivity index (χ2n) is 2.32. The molecule has 0 fully saturated rings. The molecule has 0 aliphatic carbocycles. The molecule has 0 bridgehead atoms. The molecule has 0 saturated heterocycles. The van der Waals surface area contributed by atoms with Crippen LogP contribution in [0.1, 0.15) is 5.56 Å². The van der Waals surface area contributed by atoms with Gasteiger partial charge in [-0.25, -0.2) is 0 Å². The zero-order chi connectivity index (χ0) is 8.23.